The Hall–Kier alpha value is -2.02. The van der Waals surface area contributed by atoms with Crippen molar-refractivity contribution in [1.82, 2.24) is 9.88 Å². The zero-order chi connectivity index (χ0) is 16.9. The van der Waals surface area contributed by atoms with Crippen LogP contribution in [-0.2, 0) is 9.84 Å². The van der Waals surface area contributed by atoms with Crippen molar-refractivity contribution in [3.63, 3.8) is 0 Å². The van der Waals surface area contributed by atoms with Crippen LogP contribution in [0.1, 0.15) is 29.6 Å². The maximum absolute atomic E-state index is 13.7. The number of para-hydroxylation sites is 1. The largest absolute Gasteiger partial charge is 0.333 e. The van der Waals surface area contributed by atoms with Crippen molar-refractivity contribution in [3.8, 4) is 0 Å². The average molecular weight is 348 g/mol. The van der Waals surface area contributed by atoms with Crippen molar-refractivity contribution < 1.29 is 17.6 Å². The van der Waals surface area contributed by atoms with E-state index in [4.69, 9.17) is 0 Å². The van der Waals surface area contributed by atoms with E-state index in [9.17, 15) is 17.6 Å². The predicted octanol–water partition coefficient (Wildman–Crippen LogP) is 2.17. The van der Waals surface area contributed by atoms with Gasteiger partial charge < -0.3 is 4.90 Å². The number of fused-ring (bicyclic) bond motifs is 2. The van der Waals surface area contributed by atoms with Gasteiger partial charge in [0.2, 0.25) is 0 Å². The number of hydrogen-bond donors (Lipinski definition) is 0. The second-order valence-electron chi connectivity index (χ2n) is 6.44. The van der Waals surface area contributed by atoms with Gasteiger partial charge in [-0.25, -0.2) is 12.8 Å². The summed E-state index contributed by atoms with van der Waals surface area (Å²) in [6.45, 7) is 0.212. The molecule has 24 heavy (non-hydrogen) atoms. The van der Waals surface area contributed by atoms with Crippen LogP contribution in [0, 0.1) is 5.82 Å². The molecule has 2 fully saturated rings. The molecule has 1 amide bonds. The Kier molecular flexibility index (Phi) is 3.56. The molecule has 1 saturated heterocycles. The number of hydrogen-bond acceptors (Lipinski definition) is 4. The van der Waals surface area contributed by atoms with Crippen molar-refractivity contribution in [1.29, 1.82) is 0 Å². The summed E-state index contributed by atoms with van der Waals surface area (Å²) in [5.41, 5.74) is 0.604. The van der Waals surface area contributed by atoms with E-state index in [1.54, 1.807) is 23.1 Å². The quantitative estimate of drug-likeness (QED) is 0.792. The van der Waals surface area contributed by atoms with Gasteiger partial charge in [0, 0.05) is 24.2 Å². The van der Waals surface area contributed by atoms with Crippen LogP contribution in [0.15, 0.2) is 30.5 Å². The molecule has 2 atom stereocenters. The monoisotopic (exact) mass is 348 g/mol. The smallest absolute Gasteiger partial charge is 0.255 e. The van der Waals surface area contributed by atoms with Gasteiger partial charge in [-0.2, -0.15) is 0 Å². The molecule has 7 heteroatoms. The maximum atomic E-state index is 13.7. The lowest BCUT2D eigenvalue weighted by Gasteiger charge is -2.37. The number of amides is 1. The summed E-state index contributed by atoms with van der Waals surface area (Å²) in [4.78, 5) is 18.6. The van der Waals surface area contributed by atoms with Crippen molar-refractivity contribution in [3.05, 3.63) is 41.8 Å². The molecule has 126 valence electrons. The number of nitrogens with zero attached hydrogens (tertiary/aromatic N) is 2. The molecule has 2 aliphatic rings. The SMILES string of the molecule is O=C(c1cnc2c(F)cccc2c1)N1CCS(=O)(=O)[C@@H]2CCC[C@@H]21. The van der Waals surface area contributed by atoms with Crippen LogP contribution in [-0.4, -0.2) is 47.8 Å². The fourth-order valence-electron chi connectivity index (χ4n) is 3.88. The zero-order valence-corrected chi connectivity index (χ0v) is 13.8. The molecular formula is C17H17FN2O3S. The van der Waals surface area contributed by atoms with Gasteiger partial charge in [-0.1, -0.05) is 12.1 Å². The third-order valence-electron chi connectivity index (χ3n) is 5.07. The van der Waals surface area contributed by atoms with Gasteiger partial charge in [0.25, 0.3) is 5.91 Å². The minimum absolute atomic E-state index is 0.00947. The van der Waals surface area contributed by atoms with Gasteiger partial charge in [0.15, 0.2) is 9.84 Å². The number of rotatable bonds is 1. The van der Waals surface area contributed by atoms with Crippen LogP contribution < -0.4 is 0 Å². The van der Waals surface area contributed by atoms with Crippen LogP contribution >= 0.6 is 0 Å². The lowest BCUT2D eigenvalue weighted by atomic mass is 10.1. The molecular weight excluding hydrogens is 331 g/mol. The normalized spacial score (nSPS) is 25.6. The summed E-state index contributed by atoms with van der Waals surface area (Å²) < 4.78 is 38.1. The molecule has 5 nitrogen and oxygen atoms in total. The molecule has 1 aromatic carbocycles. The van der Waals surface area contributed by atoms with E-state index in [2.05, 4.69) is 4.98 Å². The number of halogens is 1. The highest BCUT2D eigenvalue weighted by atomic mass is 32.2. The van der Waals surface area contributed by atoms with E-state index in [1.165, 1.54) is 12.3 Å². The highest BCUT2D eigenvalue weighted by Crippen LogP contribution is 2.34. The second-order valence-corrected chi connectivity index (χ2v) is 8.78. The number of pyridine rings is 1. The van der Waals surface area contributed by atoms with Crippen LogP contribution in [0.3, 0.4) is 0 Å². The van der Waals surface area contributed by atoms with E-state index >= 15 is 0 Å². The standard InChI is InChI=1S/C17H17FN2O3S/c18-13-4-1-3-11-9-12(10-19-16(11)13)17(21)20-7-8-24(22,23)15-6-2-5-14(15)20/h1,3-4,9-10,14-15H,2,5-8H2/t14-,15+/m0/s1. The Morgan fingerprint density at radius 3 is 2.96 bits per heavy atom. The van der Waals surface area contributed by atoms with Gasteiger partial charge >= 0.3 is 0 Å². The summed E-state index contributed by atoms with van der Waals surface area (Å²) in [6, 6.07) is 5.99. The first-order valence-electron chi connectivity index (χ1n) is 8.04. The lowest BCUT2D eigenvalue weighted by Crippen LogP contribution is -2.54. The molecule has 0 spiro atoms. The highest BCUT2D eigenvalue weighted by molar-refractivity contribution is 7.92. The first-order chi connectivity index (χ1) is 11.5. The van der Waals surface area contributed by atoms with Crippen LogP contribution in [0.5, 0.6) is 0 Å². The number of carbonyl (C=O) groups is 1. The van der Waals surface area contributed by atoms with Gasteiger partial charge in [-0.15, -0.1) is 0 Å². The van der Waals surface area contributed by atoms with Gasteiger partial charge in [0.05, 0.1) is 16.6 Å². The number of carbonyl (C=O) groups excluding carboxylic acids is 1. The minimum Gasteiger partial charge on any atom is -0.333 e. The summed E-state index contributed by atoms with van der Waals surface area (Å²) >= 11 is 0. The van der Waals surface area contributed by atoms with E-state index < -0.39 is 20.9 Å². The van der Waals surface area contributed by atoms with Gasteiger partial charge in [-0.3, -0.25) is 9.78 Å². The molecule has 0 N–H and O–H groups in total. The predicted molar refractivity (Wildman–Crippen MR) is 88.0 cm³/mol. The molecule has 1 aromatic heterocycles. The molecule has 0 unspecified atom stereocenters. The van der Waals surface area contributed by atoms with E-state index in [0.717, 1.165) is 6.42 Å². The third-order valence-corrected chi connectivity index (χ3v) is 7.29. The van der Waals surface area contributed by atoms with Crippen molar-refractivity contribution in [2.75, 3.05) is 12.3 Å². The number of aromatic nitrogens is 1. The molecule has 1 saturated carbocycles. The fourth-order valence-corrected chi connectivity index (χ4v) is 5.92. The Balaban J connectivity index is 1.69. The van der Waals surface area contributed by atoms with E-state index in [1.807, 2.05) is 0 Å². The number of benzene rings is 1. The van der Waals surface area contributed by atoms with Crippen LogP contribution in [0.4, 0.5) is 4.39 Å². The summed E-state index contributed by atoms with van der Waals surface area (Å²) in [7, 11) is -3.11. The highest BCUT2D eigenvalue weighted by Gasteiger charge is 2.46. The molecule has 2 aromatic rings. The van der Waals surface area contributed by atoms with E-state index in [-0.39, 0.29) is 29.8 Å². The Morgan fingerprint density at radius 1 is 1.29 bits per heavy atom. The van der Waals surface area contributed by atoms with E-state index in [0.29, 0.717) is 23.8 Å². The van der Waals surface area contributed by atoms with Crippen LogP contribution in [0.25, 0.3) is 10.9 Å². The van der Waals surface area contributed by atoms with Gasteiger partial charge in [0.1, 0.15) is 11.3 Å². The molecule has 0 radical (unpaired) electrons. The summed E-state index contributed by atoms with van der Waals surface area (Å²) in [6.07, 6.45) is 3.53. The number of sulfone groups is 1. The Bertz CT molecular complexity index is 929. The minimum atomic E-state index is -3.11. The first-order valence-corrected chi connectivity index (χ1v) is 9.76. The van der Waals surface area contributed by atoms with Crippen molar-refractivity contribution in [2.24, 2.45) is 0 Å². The molecule has 1 aliphatic carbocycles. The molecule has 4 rings (SSSR count). The molecule has 0 bridgehead atoms. The Labute approximate surface area is 139 Å². The second kappa shape index (κ2) is 5.51. The molecule has 2 heterocycles. The Morgan fingerprint density at radius 2 is 2.12 bits per heavy atom. The van der Waals surface area contributed by atoms with Crippen molar-refractivity contribution >= 4 is 26.6 Å². The fraction of sp³-hybridized carbons (Fsp3) is 0.412. The summed E-state index contributed by atoms with van der Waals surface area (Å²) in [5, 5.41) is 0.120. The third kappa shape index (κ3) is 2.38. The van der Waals surface area contributed by atoms with Crippen molar-refractivity contribution in [2.45, 2.75) is 30.6 Å². The lowest BCUT2D eigenvalue weighted by molar-refractivity contribution is 0.0686. The maximum Gasteiger partial charge on any atom is 0.255 e. The van der Waals surface area contributed by atoms with Crippen LogP contribution in [0.2, 0.25) is 0 Å². The summed E-state index contributed by atoms with van der Waals surface area (Å²) in [5.74, 6) is -0.637. The molecule has 1 aliphatic heterocycles. The topological polar surface area (TPSA) is 67.3 Å². The zero-order valence-electron chi connectivity index (χ0n) is 13.0. The average Bonchev–Trinajstić information content (AvgIpc) is 3.05. The van der Waals surface area contributed by atoms with Gasteiger partial charge in [-0.05, 0) is 31.4 Å². The first kappa shape index (κ1) is 15.5.